The highest BCUT2D eigenvalue weighted by molar-refractivity contribution is 4.96. The van der Waals surface area contributed by atoms with E-state index in [1.165, 1.54) is 0 Å². The van der Waals surface area contributed by atoms with E-state index in [1.807, 2.05) is 0 Å². The van der Waals surface area contributed by atoms with Gasteiger partial charge in [0.2, 0.25) is 0 Å². The van der Waals surface area contributed by atoms with Gasteiger partial charge in [-0.25, -0.2) is 0 Å². The Hall–Kier alpha value is -0.750. The maximum absolute atomic E-state index is 9.36. The normalized spacial score (nSPS) is 22.6. The molecule has 2 unspecified atom stereocenters. The number of aliphatic hydroxyl groups excluding tert-OH is 6. The predicted molar refractivity (Wildman–Crippen MR) is 51.6 cm³/mol. The molecular formula is C9H16NO6. The zero-order valence-electron chi connectivity index (χ0n) is 8.51. The van der Waals surface area contributed by atoms with Crippen LogP contribution in [0.15, 0.2) is 0 Å². The van der Waals surface area contributed by atoms with E-state index < -0.39 is 43.0 Å². The largest absolute Gasteiger partial charge is 0.394 e. The van der Waals surface area contributed by atoms with Gasteiger partial charge >= 0.3 is 0 Å². The quantitative estimate of drug-likeness (QED) is 0.283. The van der Waals surface area contributed by atoms with Crippen molar-refractivity contribution in [3.05, 3.63) is 6.92 Å². The molecule has 0 fully saturated rings. The second kappa shape index (κ2) is 6.75. The molecule has 0 saturated heterocycles. The van der Waals surface area contributed by atoms with E-state index in [1.54, 1.807) is 6.07 Å². The van der Waals surface area contributed by atoms with Gasteiger partial charge in [0.05, 0.1) is 24.7 Å². The Morgan fingerprint density at radius 2 is 1.38 bits per heavy atom. The van der Waals surface area contributed by atoms with Crippen LogP contribution in [-0.4, -0.2) is 67.8 Å². The van der Waals surface area contributed by atoms with Gasteiger partial charge in [0.25, 0.3) is 0 Å². The van der Waals surface area contributed by atoms with Gasteiger partial charge in [0.1, 0.15) is 24.4 Å². The molecule has 0 aromatic rings. The molecule has 0 spiro atoms. The lowest BCUT2D eigenvalue weighted by atomic mass is 9.93. The van der Waals surface area contributed by atoms with Crippen molar-refractivity contribution < 1.29 is 30.6 Å². The molecule has 93 valence electrons. The first-order valence-electron chi connectivity index (χ1n) is 4.60. The highest BCUT2D eigenvalue weighted by atomic mass is 16.4. The Balaban J connectivity index is 4.49. The van der Waals surface area contributed by atoms with Crippen molar-refractivity contribution in [3.8, 4) is 6.07 Å². The van der Waals surface area contributed by atoms with Crippen LogP contribution in [0.2, 0.25) is 0 Å². The van der Waals surface area contributed by atoms with E-state index >= 15 is 0 Å². The van der Waals surface area contributed by atoms with E-state index in [4.69, 9.17) is 15.5 Å². The number of nitriles is 1. The summed E-state index contributed by atoms with van der Waals surface area (Å²) in [6.45, 7) is 2.40. The number of nitrogens with zero attached hydrogens (tertiary/aromatic N) is 1. The SMILES string of the molecule is [CH2]C(C#N)C(O)[C@H](O)[C@@H](O)[C@H](O)[C@H](O)CO. The summed E-state index contributed by atoms with van der Waals surface area (Å²) in [4.78, 5) is 0. The Morgan fingerprint density at radius 1 is 0.938 bits per heavy atom. The fourth-order valence-electron chi connectivity index (χ4n) is 1.05. The van der Waals surface area contributed by atoms with Crippen LogP contribution >= 0.6 is 0 Å². The molecule has 7 heteroatoms. The van der Waals surface area contributed by atoms with Gasteiger partial charge in [-0.05, 0) is 6.92 Å². The Kier molecular flexibility index (Phi) is 6.43. The van der Waals surface area contributed by atoms with E-state index in [0.29, 0.717) is 0 Å². The monoisotopic (exact) mass is 234 g/mol. The smallest absolute Gasteiger partial charge is 0.111 e. The lowest BCUT2D eigenvalue weighted by Crippen LogP contribution is -2.51. The number of rotatable bonds is 6. The Labute approximate surface area is 92.8 Å². The predicted octanol–water partition coefficient (Wildman–Crippen LogP) is -3.24. The van der Waals surface area contributed by atoms with Gasteiger partial charge in [-0.1, -0.05) is 0 Å². The highest BCUT2D eigenvalue weighted by Gasteiger charge is 2.36. The number of hydrogen-bond donors (Lipinski definition) is 6. The van der Waals surface area contributed by atoms with E-state index in [2.05, 4.69) is 6.92 Å². The minimum Gasteiger partial charge on any atom is -0.394 e. The molecule has 6 N–H and O–H groups in total. The van der Waals surface area contributed by atoms with Crippen LogP contribution in [0.25, 0.3) is 0 Å². The molecule has 0 bridgehead atoms. The molecule has 6 atom stereocenters. The van der Waals surface area contributed by atoms with Gasteiger partial charge in [0.15, 0.2) is 0 Å². The van der Waals surface area contributed by atoms with Gasteiger partial charge in [0, 0.05) is 0 Å². The second-order valence-corrected chi connectivity index (χ2v) is 3.45. The zero-order chi connectivity index (χ0) is 12.9. The van der Waals surface area contributed by atoms with Crippen LogP contribution in [-0.2, 0) is 0 Å². The van der Waals surface area contributed by atoms with Crippen LogP contribution in [0.1, 0.15) is 0 Å². The summed E-state index contributed by atoms with van der Waals surface area (Å²) in [6.07, 6.45) is -8.89. The molecule has 7 nitrogen and oxygen atoms in total. The van der Waals surface area contributed by atoms with Crippen molar-refractivity contribution in [3.63, 3.8) is 0 Å². The molecule has 0 aromatic carbocycles. The summed E-state index contributed by atoms with van der Waals surface area (Å²) < 4.78 is 0. The summed E-state index contributed by atoms with van der Waals surface area (Å²) in [5.41, 5.74) is 0. The molecule has 1 radical (unpaired) electrons. The first kappa shape index (κ1) is 15.2. The van der Waals surface area contributed by atoms with Crippen LogP contribution in [0.5, 0.6) is 0 Å². The van der Waals surface area contributed by atoms with E-state index in [0.717, 1.165) is 0 Å². The lowest BCUT2D eigenvalue weighted by molar-refractivity contribution is -0.143. The molecule has 0 aliphatic rings. The van der Waals surface area contributed by atoms with Crippen LogP contribution < -0.4 is 0 Å². The molecule has 0 aliphatic heterocycles. The topological polar surface area (TPSA) is 145 Å². The van der Waals surface area contributed by atoms with Crippen molar-refractivity contribution in [2.24, 2.45) is 5.92 Å². The first-order chi connectivity index (χ1) is 7.36. The van der Waals surface area contributed by atoms with Crippen molar-refractivity contribution in [2.45, 2.75) is 30.5 Å². The molecule has 0 aromatic heterocycles. The summed E-state index contributed by atoms with van der Waals surface area (Å²) >= 11 is 0. The third kappa shape index (κ3) is 3.68. The van der Waals surface area contributed by atoms with Gasteiger partial charge in [-0.15, -0.1) is 0 Å². The van der Waals surface area contributed by atoms with Gasteiger partial charge in [-0.3, -0.25) is 0 Å². The minimum atomic E-state index is -1.89. The second-order valence-electron chi connectivity index (χ2n) is 3.45. The van der Waals surface area contributed by atoms with Gasteiger partial charge < -0.3 is 30.6 Å². The molecule has 0 saturated carbocycles. The third-order valence-electron chi connectivity index (χ3n) is 2.21. The minimum absolute atomic E-state index is 0.812. The van der Waals surface area contributed by atoms with Gasteiger partial charge in [-0.2, -0.15) is 5.26 Å². The van der Waals surface area contributed by atoms with E-state index in [9.17, 15) is 20.4 Å². The summed E-state index contributed by atoms with van der Waals surface area (Å²) in [5.74, 6) is -1.19. The molecule has 0 rings (SSSR count). The Morgan fingerprint density at radius 3 is 1.75 bits per heavy atom. The molecule has 0 aliphatic carbocycles. The van der Waals surface area contributed by atoms with Crippen molar-refractivity contribution >= 4 is 0 Å². The summed E-state index contributed by atoms with van der Waals surface area (Å²) in [7, 11) is 0. The van der Waals surface area contributed by atoms with Crippen LogP contribution in [0, 0.1) is 24.2 Å². The highest BCUT2D eigenvalue weighted by Crippen LogP contribution is 2.13. The summed E-state index contributed by atoms with van der Waals surface area (Å²) in [5, 5.41) is 63.1. The first-order valence-corrected chi connectivity index (χ1v) is 4.60. The summed E-state index contributed by atoms with van der Waals surface area (Å²) in [6, 6.07) is 1.56. The van der Waals surface area contributed by atoms with Crippen LogP contribution in [0.3, 0.4) is 0 Å². The maximum atomic E-state index is 9.36. The average molecular weight is 234 g/mol. The molecule has 16 heavy (non-hydrogen) atoms. The Bertz CT molecular complexity index is 243. The lowest BCUT2D eigenvalue weighted by Gasteiger charge is -2.29. The zero-order valence-corrected chi connectivity index (χ0v) is 8.51. The van der Waals surface area contributed by atoms with Crippen molar-refractivity contribution in [2.75, 3.05) is 6.61 Å². The maximum Gasteiger partial charge on any atom is 0.111 e. The van der Waals surface area contributed by atoms with E-state index in [-0.39, 0.29) is 0 Å². The fraction of sp³-hybridized carbons (Fsp3) is 0.778. The molecular weight excluding hydrogens is 218 g/mol. The fourth-order valence-corrected chi connectivity index (χ4v) is 1.05. The molecule has 0 amide bonds. The number of aliphatic hydroxyl groups is 6. The van der Waals surface area contributed by atoms with Crippen LogP contribution in [0.4, 0.5) is 0 Å². The number of hydrogen-bond acceptors (Lipinski definition) is 7. The van der Waals surface area contributed by atoms with Crippen molar-refractivity contribution in [1.82, 2.24) is 0 Å². The average Bonchev–Trinajstić information content (AvgIpc) is 2.32. The third-order valence-corrected chi connectivity index (χ3v) is 2.21. The molecule has 0 heterocycles. The standard InChI is InChI=1S/C9H16NO6/c1-4(2-10)6(13)8(15)9(16)7(14)5(12)3-11/h4-9,11-16H,1,3H2/t4?,5-,6?,7-,8+,9+/m1/s1. The van der Waals surface area contributed by atoms with Crippen molar-refractivity contribution in [1.29, 1.82) is 5.26 Å².